The van der Waals surface area contributed by atoms with Crippen molar-refractivity contribution in [1.82, 2.24) is 0 Å². The minimum absolute atomic E-state index is 0.0411. The van der Waals surface area contributed by atoms with Crippen LogP contribution >= 0.6 is 23.2 Å². The third-order valence-electron chi connectivity index (χ3n) is 5.47. The largest absolute Gasteiger partial charge is 0.407 e. The molecule has 0 radical (unpaired) electrons. The Labute approximate surface area is 191 Å². The van der Waals surface area contributed by atoms with Gasteiger partial charge in [0.25, 0.3) is 8.32 Å². The fourth-order valence-electron chi connectivity index (χ4n) is 3.95. The zero-order chi connectivity index (χ0) is 21.8. The molecule has 0 fully saturated rings. The fraction of sp³-hybridized carbons (Fsp3) is 0.231. The maximum atomic E-state index is 6.93. The molecule has 0 saturated carbocycles. The molecule has 0 aliphatic rings. The first-order valence-corrected chi connectivity index (χ1v) is 12.8. The van der Waals surface area contributed by atoms with Crippen LogP contribution in [0.5, 0.6) is 0 Å². The number of halogens is 2. The molecule has 0 amide bonds. The van der Waals surface area contributed by atoms with Gasteiger partial charge in [-0.2, -0.15) is 0 Å². The molecule has 3 aromatic rings. The molecule has 156 valence electrons. The van der Waals surface area contributed by atoms with E-state index < -0.39 is 8.32 Å². The third-order valence-corrected chi connectivity index (χ3v) is 11.2. The lowest BCUT2D eigenvalue weighted by molar-refractivity contribution is 0.306. The van der Waals surface area contributed by atoms with E-state index in [9.17, 15) is 0 Å². The van der Waals surface area contributed by atoms with Crippen molar-refractivity contribution in [3.05, 3.63) is 101 Å². The van der Waals surface area contributed by atoms with Gasteiger partial charge < -0.3 is 4.43 Å². The van der Waals surface area contributed by atoms with Crippen LogP contribution in [-0.2, 0) is 4.43 Å². The van der Waals surface area contributed by atoms with Crippen LogP contribution < -0.4 is 10.4 Å². The number of hydrogen-bond acceptors (Lipinski definition) is 1. The molecule has 0 aliphatic heterocycles. The second-order valence-electron chi connectivity index (χ2n) is 8.49. The second kappa shape index (κ2) is 9.53. The molecule has 0 aromatic heterocycles. The highest BCUT2D eigenvalue weighted by Gasteiger charge is 2.49. The van der Waals surface area contributed by atoms with Crippen molar-refractivity contribution in [3.8, 4) is 0 Å². The first-order valence-electron chi connectivity index (χ1n) is 10.1. The van der Waals surface area contributed by atoms with Gasteiger partial charge >= 0.3 is 0 Å². The Morgan fingerprint density at radius 1 is 0.833 bits per heavy atom. The summed E-state index contributed by atoms with van der Waals surface area (Å²) in [6, 6.07) is 27.0. The summed E-state index contributed by atoms with van der Waals surface area (Å²) >= 11 is 12.2. The highest BCUT2D eigenvalue weighted by atomic mass is 35.5. The average molecular weight is 456 g/mol. The van der Waals surface area contributed by atoms with Gasteiger partial charge in [-0.05, 0) is 45.1 Å². The van der Waals surface area contributed by atoms with Crippen molar-refractivity contribution < 1.29 is 4.43 Å². The van der Waals surface area contributed by atoms with Crippen LogP contribution in [0.2, 0.25) is 15.1 Å². The van der Waals surface area contributed by atoms with Crippen LogP contribution in [0.3, 0.4) is 0 Å². The lowest BCUT2D eigenvalue weighted by Gasteiger charge is -2.43. The van der Waals surface area contributed by atoms with Crippen molar-refractivity contribution in [2.75, 3.05) is 6.61 Å². The van der Waals surface area contributed by atoms with Gasteiger partial charge in [-0.25, -0.2) is 0 Å². The summed E-state index contributed by atoms with van der Waals surface area (Å²) in [5.74, 6) is 0. The monoisotopic (exact) mass is 454 g/mol. The maximum absolute atomic E-state index is 6.93. The van der Waals surface area contributed by atoms with Crippen LogP contribution in [0.25, 0.3) is 5.57 Å². The maximum Gasteiger partial charge on any atom is 0.261 e. The Balaban J connectivity index is 1.91. The molecule has 0 aliphatic carbocycles. The van der Waals surface area contributed by atoms with Crippen molar-refractivity contribution >= 4 is 47.5 Å². The molecule has 3 aromatic carbocycles. The molecule has 0 saturated heterocycles. The van der Waals surface area contributed by atoms with Gasteiger partial charge in [0.15, 0.2) is 0 Å². The van der Waals surface area contributed by atoms with Crippen LogP contribution in [0, 0.1) is 0 Å². The zero-order valence-electron chi connectivity index (χ0n) is 17.8. The van der Waals surface area contributed by atoms with E-state index in [4.69, 9.17) is 27.6 Å². The molecule has 0 N–H and O–H groups in total. The molecular weight excluding hydrogens is 427 g/mol. The molecular formula is C26H28Cl2OSi. The Morgan fingerprint density at radius 2 is 1.37 bits per heavy atom. The Bertz CT molecular complexity index is 955. The number of benzene rings is 3. The predicted molar refractivity (Wildman–Crippen MR) is 134 cm³/mol. The minimum atomic E-state index is -2.53. The molecule has 3 rings (SSSR count). The summed E-state index contributed by atoms with van der Waals surface area (Å²) in [7, 11) is -2.53. The quantitative estimate of drug-likeness (QED) is 0.350. The highest BCUT2D eigenvalue weighted by molar-refractivity contribution is 6.99. The van der Waals surface area contributed by atoms with E-state index in [0.29, 0.717) is 16.7 Å². The first-order chi connectivity index (χ1) is 14.3. The Kier molecular flexibility index (Phi) is 7.25. The van der Waals surface area contributed by atoms with Crippen LogP contribution in [-0.4, -0.2) is 14.9 Å². The van der Waals surface area contributed by atoms with E-state index >= 15 is 0 Å². The molecule has 0 bridgehead atoms. The minimum Gasteiger partial charge on any atom is -0.407 e. The number of rotatable bonds is 7. The van der Waals surface area contributed by atoms with Crippen LogP contribution in [0.1, 0.15) is 32.8 Å². The summed E-state index contributed by atoms with van der Waals surface area (Å²) in [5.41, 5.74) is 1.99. The van der Waals surface area contributed by atoms with E-state index in [1.54, 1.807) is 0 Å². The number of hydrogen-bond donors (Lipinski definition) is 0. The van der Waals surface area contributed by atoms with Gasteiger partial charge in [0.2, 0.25) is 0 Å². The molecule has 30 heavy (non-hydrogen) atoms. The lowest BCUT2D eigenvalue weighted by atomic mass is 10.1. The van der Waals surface area contributed by atoms with Crippen molar-refractivity contribution in [1.29, 1.82) is 0 Å². The Hall–Kier alpha value is -1.84. The molecule has 0 atom stereocenters. The first kappa shape index (κ1) is 22.8. The topological polar surface area (TPSA) is 9.23 Å². The summed E-state index contributed by atoms with van der Waals surface area (Å²) in [6.45, 7) is 11.7. The third kappa shape index (κ3) is 4.73. The normalized spacial score (nSPS) is 12.0. The van der Waals surface area contributed by atoms with Gasteiger partial charge in [0.1, 0.15) is 0 Å². The zero-order valence-corrected chi connectivity index (χ0v) is 20.3. The standard InChI is InChI=1S/C26H28Cl2OSi/c1-20(21-15-16-24(27)25(28)19-21)17-18-29-30(26(2,3)4,22-11-7-5-8-12-22)23-13-9-6-10-14-23/h5-16,19H,1,17-18H2,2-4H3. The molecule has 0 heterocycles. The highest BCUT2D eigenvalue weighted by Crippen LogP contribution is 2.37. The van der Waals surface area contributed by atoms with Gasteiger partial charge in [-0.15, -0.1) is 0 Å². The molecule has 4 heteroatoms. The summed E-state index contributed by atoms with van der Waals surface area (Å²) in [5, 5.41) is 3.62. The molecule has 0 spiro atoms. The lowest BCUT2D eigenvalue weighted by Crippen LogP contribution is -2.66. The van der Waals surface area contributed by atoms with Gasteiger partial charge in [-0.1, -0.05) is 117 Å². The molecule has 1 nitrogen and oxygen atoms in total. The second-order valence-corrected chi connectivity index (χ2v) is 13.6. The summed E-state index contributed by atoms with van der Waals surface area (Å²) < 4.78 is 6.93. The van der Waals surface area contributed by atoms with E-state index in [0.717, 1.165) is 17.6 Å². The SMILES string of the molecule is C=C(CCO[Si](c1ccccc1)(c1ccccc1)C(C)(C)C)c1ccc(Cl)c(Cl)c1. The van der Waals surface area contributed by atoms with Gasteiger partial charge in [0.05, 0.1) is 10.0 Å². The van der Waals surface area contributed by atoms with Crippen LogP contribution in [0.4, 0.5) is 0 Å². The summed E-state index contributed by atoms with van der Waals surface area (Å²) in [4.78, 5) is 0. The fourth-order valence-corrected chi connectivity index (χ4v) is 8.81. The van der Waals surface area contributed by atoms with E-state index in [1.807, 2.05) is 18.2 Å². The van der Waals surface area contributed by atoms with E-state index in [2.05, 4.69) is 88.0 Å². The van der Waals surface area contributed by atoms with Crippen molar-refractivity contribution in [2.45, 2.75) is 32.2 Å². The van der Waals surface area contributed by atoms with Crippen molar-refractivity contribution in [2.24, 2.45) is 0 Å². The summed E-state index contributed by atoms with van der Waals surface area (Å²) in [6.07, 6.45) is 0.725. The smallest absolute Gasteiger partial charge is 0.261 e. The van der Waals surface area contributed by atoms with Crippen LogP contribution in [0.15, 0.2) is 85.4 Å². The van der Waals surface area contributed by atoms with Gasteiger partial charge in [-0.3, -0.25) is 0 Å². The molecule has 0 unspecified atom stereocenters. The van der Waals surface area contributed by atoms with E-state index in [1.165, 1.54) is 10.4 Å². The predicted octanol–water partition coefficient (Wildman–Crippen LogP) is 6.97. The average Bonchev–Trinajstić information content (AvgIpc) is 2.73. The van der Waals surface area contributed by atoms with E-state index in [-0.39, 0.29) is 5.04 Å². The van der Waals surface area contributed by atoms with Crippen molar-refractivity contribution in [3.63, 3.8) is 0 Å². The van der Waals surface area contributed by atoms with Gasteiger partial charge in [0, 0.05) is 6.61 Å². The Morgan fingerprint density at radius 3 is 1.83 bits per heavy atom.